The Hall–Kier alpha value is -0.570. The number of nitrogens with zero attached hydrogens (tertiary/aromatic N) is 1. The number of hydrogen-bond donors (Lipinski definition) is 1. The molecule has 0 aliphatic carbocycles. The SMILES string of the molecule is C[C@@H]1CCCCN1C(=O)C[C@H]1CCCNC1. The number of rotatable bonds is 2. The van der Waals surface area contributed by atoms with Gasteiger partial charge in [-0.3, -0.25) is 4.79 Å². The van der Waals surface area contributed by atoms with Crippen molar-refractivity contribution in [2.24, 2.45) is 5.92 Å². The molecule has 2 atom stereocenters. The quantitative estimate of drug-likeness (QED) is 0.775. The van der Waals surface area contributed by atoms with Crippen LogP contribution in [0.15, 0.2) is 0 Å². The van der Waals surface area contributed by atoms with Crippen molar-refractivity contribution in [3.05, 3.63) is 0 Å². The van der Waals surface area contributed by atoms with Crippen LogP contribution in [0.1, 0.15) is 45.4 Å². The van der Waals surface area contributed by atoms with Gasteiger partial charge < -0.3 is 10.2 Å². The zero-order chi connectivity index (χ0) is 11.4. The molecule has 0 aromatic heterocycles. The van der Waals surface area contributed by atoms with Crippen LogP contribution in [0, 0.1) is 5.92 Å². The van der Waals surface area contributed by atoms with Gasteiger partial charge in [0, 0.05) is 19.0 Å². The van der Waals surface area contributed by atoms with Gasteiger partial charge in [0.05, 0.1) is 0 Å². The van der Waals surface area contributed by atoms with E-state index in [4.69, 9.17) is 0 Å². The van der Waals surface area contributed by atoms with Crippen molar-refractivity contribution in [1.29, 1.82) is 0 Å². The van der Waals surface area contributed by atoms with Gasteiger partial charge in [0.25, 0.3) is 0 Å². The fourth-order valence-corrected chi connectivity index (χ4v) is 2.93. The number of likely N-dealkylation sites (tertiary alicyclic amines) is 1. The largest absolute Gasteiger partial charge is 0.340 e. The van der Waals surface area contributed by atoms with E-state index in [1.807, 2.05) is 0 Å². The molecule has 1 amide bonds. The molecule has 92 valence electrons. The maximum absolute atomic E-state index is 12.2. The van der Waals surface area contributed by atoms with Crippen molar-refractivity contribution >= 4 is 5.91 Å². The lowest BCUT2D eigenvalue weighted by molar-refractivity contribution is -0.135. The first kappa shape index (κ1) is 11.9. The molecule has 0 unspecified atom stereocenters. The average molecular weight is 224 g/mol. The van der Waals surface area contributed by atoms with Crippen molar-refractivity contribution in [2.45, 2.75) is 51.5 Å². The molecular weight excluding hydrogens is 200 g/mol. The number of amides is 1. The maximum Gasteiger partial charge on any atom is 0.223 e. The first-order chi connectivity index (χ1) is 7.77. The number of nitrogens with one attached hydrogen (secondary N) is 1. The van der Waals surface area contributed by atoms with Gasteiger partial charge in [0.1, 0.15) is 0 Å². The van der Waals surface area contributed by atoms with E-state index in [1.54, 1.807) is 0 Å². The van der Waals surface area contributed by atoms with Crippen molar-refractivity contribution in [3.8, 4) is 0 Å². The molecule has 2 heterocycles. The summed E-state index contributed by atoms with van der Waals surface area (Å²) in [4.78, 5) is 14.3. The van der Waals surface area contributed by atoms with Gasteiger partial charge >= 0.3 is 0 Å². The van der Waals surface area contributed by atoms with E-state index in [2.05, 4.69) is 17.1 Å². The molecule has 2 rings (SSSR count). The smallest absolute Gasteiger partial charge is 0.223 e. The van der Waals surface area contributed by atoms with Crippen LogP contribution in [0.3, 0.4) is 0 Å². The van der Waals surface area contributed by atoms with Gasteiger partial charge in [-0.15, -0.1) is 0 Å². The standard InChI is InChI=1S/C13H24N2O/c1-11-5-2-3-8-15(11)13(16)9-12-6-4-7-14-10-12/h11-12,14H,2-10H2,1H3/t11-,12-/m1/s1. The van der Waals surface area contributed by atoms with Gasteiger partial charge in [-0.1, -0.05) is 0 Å². The zero-order valence-corrected chi connectivity index (χ0v) is 10.4. The minimum atomic E-state index is 0.390. The van der Waals surface area contributed by atoms with Crippen molar-refractivity contribution < 1.29 is 4.79 Å². The van der Waals surface area contributed by atoms with Crippen LogP contribution >= 0.6 is 0 Å². The molecular formula is C13H24N2O. The Morgan fingerprint density at radius 1 is 1.31 bits per heavy atom. The van der Waals surface area contributed by atoms with Gasteiger partial charge in [-0.25, -0.2) is 0 Å². The van der Waals surface area contributed by atoms with Crippen molar-refractivity contribution in [1.82, 2.24) is 10.2 Å². The van der Waals surface area contributed by atoms with Gasteiger partial charge in [-0.05, 0) is 58.0 Å². The minimum Gasteiger partial charge on any atom is -0.340 e. The second kappa shape index (κ2) is 5.67. The Bertz CT molecular complexity index is 236. The van der Waals surface area contributed by atoms with Crippen LogP contribution < -0.4 is 5.32 Å². The van der Waals surface area contributed by atoms with E-state index in [-0.39, 0.29) is 0 Å². The summed E-state index contributed by atoms with van der Waals surface area (Å²) >= 11 is 0. The lowest BCUT2D eigenvalue weighted by Gasteiger charge is -2.35. The molecule has 2 aliphatic rings. The minimum absolute atomic E-state index is 0.390. The Morgan fingerprint density at radius 2 is 2.19 bits per heavy atom. The Labute approximate surface area is 98.6 Å². The lowest BCUT2D eigenvalue weighted by atomic mass is 9.94. The fraction of sp³-hybridized carbons (Fsp3) is 0.923. The van der Waals surface area contributed by atoms with Gasteiger partial charge in [0.15, 0.2) is 0 Å². The second-order valence-electron chi connectivity index (χ2n) is 5.35. The third-order valence-corrected chi connectivity index (χ3v) is 3.99. The molecule has 2 aliphatic heterocycles. The summed E-state index contributed by atoms with van der Waals surface area (Å²) in [6.45, 7) is 5.34. The van der Waals surface area contributed by atoms with Crippen LogP contribution in [0.25, 0.3) is 0 Å². The molecule has 0 saturated carbocycles. The number of carbonyl (C=O) groups excluding carboxylic acids is 1. The number of carbonyl (C=O) groups is 1. The molecule has 1 N–H and O–H groups in total. The molecule has 0 bridgehead atoms. The first-order valence-electron chi connectivity index (χ1n) is 6.77. The summed E-state index contributed by atoms with van der Waals surface area (Å²) in [5.74, 6) is 0.969. The highest BCUT2D eigenvalue weighted by atomic mass is 16.2. The molecule has 0 aromatic rings. The van der Waals surface area contributed by atoms with E-state index >= 15 is 0 Å². The first-order valence-corrected chi connectivity index (χ1v) is 6.77. The predicted molar refractivity (Wildman–Crippen MR) is 65.2 cm³/mol. The Morgan fingerprint density at radius 3 is 2.88 bits per heavy atom. The summed E-state index contributed by atoms with van der Waals surface area (Å²) < 4.78 is 0. The topological polar surface area (TPSA) is 32.3 Å². The third-order valence-electron chi connectivity index (χ3n) is 3.99. The number of hydrogen-bond acceptors (Lipinski definition) is 2. The molecule has 0 spiro atoms. The third kappa shape index (κ3) is 2.97. The molecule has 2 fully saturated rings. The summed E-state index contributed by atoms with van der Waals surface area (Å²) in [6.07, 6.45) is 6.88. The maximum atomic E-state index is 12.2. The fourth-order valence-electron chi connectivity index (χ4n) is 2.93. The summed E-state index contributed by atoms with van der Waals surface area (Å²) in [5.41, 5.74) is 0. The monoisotopic (exact) mass is 224 g/mol. The molecule has 0 radical (unpaired) electrons. The summed E-state index contributed by atoms with van der Waals surface area (Å²) in [5, 5.41) is 3.38. The molecule has 0 aromatic carbocycles. The van der Waals surface area contributed by atoms with Crippen LogP contribution in [-0.2, 0) is 4.79 Å². The van der Waals surface area contributed by atoms with Crippen LogP contribution in [-0.4, -0.2) is 36.5 Å². The summed E-state index contributed by atoms with van der Waals surface area (Å²) in [6, 6.07) is 0.470. The van der Waals surface area contributed by atoms with Crippen molar-refractivity contribution in [3.63, 3.8) is 0 Å². The zero-order valence-electron chi connectivity index (χ0n) is 10.4. The van der Waals surface area contributed by atoms with Crippen LogP contribution in [0.4, 0.5) is 0 Å². The van der Waals surface area contributed by atoms with E-state index in [0.717, 1.165) is 26.1 Å². The van der Waals surface area contributed by atoms with E-state index in [1.165, 1.54) is 32.1 Å². The lowest BCUT2D eigenvalue weighted by Crippen LogP contribution is -2.43. The highest BCUT2D eigenvalue weighted by molar-refractivity contribution is 5.76. The van der Waals surface area contributed by atoms with Crippen LogP contribution in [0.2, 0.25) is 0 Å². The van der Waals surface area contributed by atoms with E-state index < -0.39 is 0 Å². The number of piperidine rings is 2. The Kier molecular flexibility index (Phi) is 4.22. The van der Waals surface area contributed by atoms with E-state index in [0.29, 0.717) is 17.9 Å². The molecule has 2 saturated heterocycles. The molecule has 3 nitrogen and oxygen atoms in total. The predicted octanol–water partition coefficient (Wildman–Crippen LogP) is 1.78. The van der Waals surface area contributed by atoms with E-state index in [9.17, 15) is 4.79 Å². The van der Waals surface area contributed by atoms with Crippen molar-refractivity contribution in [2.75, 3.05) is 19.6 Å². The normalized spacial score (nSPS) is 31.4. The molecule has 16 heavy (non-hydrogen) atoms. The summed E-state index contributed by atoms with van der Waals surface area (Å²) in [7, 11) is 0. The highest BCUT2D eigenvalue weighted by Gasteiger charge is 2.25. The average Bonchev–Trinajstić information content (AvgIpc) is 2.31. The van der Waals surface area contributed by atoms with Crippen LogP contribution in [0.5, 0.6) is 0 Å². The molecule has 3 heteroatoms. The highest BCUT2D eigenvalue weighted by Crippen LogP contribution is 2.21. The Balaban J connectivity index is 1.81. The second-order valence-corrected chi connectivity index (χ2v) is 5.35. The van der Waals surface area contributed by atoms with Gasteiger partial charge in [-0.2, -0.15) is 0 Å². The van der Waals surface area contributed by atoms with Gasteiger partial charge in [0.2, 0.25) is 5.91 Å².